The van der Waals surface area contributed by atoms with E-state index in [1.165, 1.54) is 12.1 Å². The van der Waals surface area contributed by atoms with Gasteiger partial charge in [-0.25, -0.2) is 8.93 Å². The number of alkyl halides is 3. The van der Waals surface area contributed by atoms with Crippen molar-refractivity contribution >= 4 is 11.0 Å². The van der Waals surface area contributed by atoms with Crippen LogP contribution in [0.2, 0.25) is 0 Å². The van der Waals surface area contributed by atoms with E-state index in [0.29, 0.717) is 12.8 Å². The highest BCUT2D eigenvalue weighted by atomic mass is 32.2. The van der Waals surface area contributed by atoms with E-state index in [4.69, 9.17) is 0 Å². The Kier molecular flexibility index (Phi) is 6.87. The fraction of sp³-hybridized carbons (Fsp3) is 0.429. The molecular weight excluding hydrogens is 371 g/mol. The Morgan fingerprint density at radius 1 is 0.963 bits per heavy atom. The maximum absolute atomic E-state index is 12.7. The minimum Gasteiger partial charge on any atom is -0.242 e. The Morgan fingerprint density at radius 2 is 1.52 bits per heavy atom. The first-order valence-electron chi connectivity index (χ1n) is 8.87. The predicted molar refractivity (Wildman–Crippen MR) is 105 cm³/mol. The van der Waals surface area contributed by atoms with Gasteiger partial charge >= 0.3 is 6.18 Å². The minimum atomic E-state index is -4.33. The first-order chi connectivity index (χ1) is 12.5. The van der Waals surface area contributed by atoms with Crippen LogP contribution < -0.4 is 4.72 Å². The molecule has 0 bridgehead atoms. The van der Waals surface area contributed by atoms with E-state index in [2.05, 4.69) is 4.72 Å². The largest absolute Gasteiger partial charge is 0.416 e. The molecule has 0 aliphatic rings. The average molecular weight is 398 g/mol. The number of halogens is 3. The summed E-state index contributed by atoms with van der Waals surface area (Å²) >= 11 is 0. The Labute approximate surface area is 161 Å². The molecule has 2 aromatic rings. The van der Waals surface area contributed by atoms with Gasteiger partial charge in [-0.05, 0) is 63.8 Å². The van der Waals surface area contributed by atoms with Crippen molar-refractivity contribution in [2.24, 2.45) is 0 Å². The Hall–Kier alpha value is -1.66. The smallest absolute Gasteiger partial charge is 0.242 e. The lowest BCUT2D eigenvalue weighted by molar-refractivity contribution is -0.137. The molecule has 2 atom stereocenters. The molecular formula is C21H26F3NOS. The first kappa shape index (κ1) is 21.6. The lowest BCUT2D eigenvalue weighted by Gasteiger charge is -2.25. The number of rotatable bonds is 6. The van der Waals surface area contributed by atoms with Crippen LogP contribution in [0.15, 0.2) is 48.5 Å². The van der Waals surface area contributed by atoms with Gasteiger partial charge in [0.05, 0.1) is 21.3 Å². The van der Waals surface area contributed by atoms with Crippen molar-refractivity contribution in [3.8, 4) is 0 Å². The summed E-state index contributed by atoms with van der Waals surface area (Å²) in [6, 6.07) is 13.1. The van der Waals surface area contributed by atoms with Gasteiger partial charge in [0.15, 0.2) is 0 Å². The van der Waals surface area contributed by atoms with Crippen LogP contribution >= 0.6 is 0 Å². The zero-order chi connectivity index (χ0) is 20.2. The van der Waals surface area contributed by atoms with Crippen molar-refractivity contribution in [3.05, 3.63) is 70.8 Å². The van der Waals surface area contributed by atoms with E-state index in [9.17, 15) is 17.4 Å². The molecule has 2 rings (SSSR count). The quantitative estimate of drug-likeness (QED) is 0.662. The van der Waals surface area contributed by atoms with E-state index < -0.39 is 27.5 Å². The van der Waals surface area contributed by atoms with Gasteiger partial charge in [0.1, 0.15) is 0 Å². The summed E-state index contributed by atoms with van der Waals surface area (Å²) in [5.41, 5.74) is 2.33. The third-order valence-corrected chi connectivity index (χ3v) is 5.90. The van der Waals surface area contributed by atoms with Crippen molar-refractivity contribution in [2.75, 3.05) is 0 Å². The molecule has 0 saturated carbocycles. The average Bonchev–Trinajstić information content (AvgIpc) is 2.58. The second-order valence-corrected chi connectivity index (χ2v) is 9.69. The van der Waals surface area contributed by atoms with Crippen LogP contribution in [0.3, 0.4) is 0 Å². The standard InChI is InChI=1S/C21H26F3NOS/c1-15-5-10-17(11-6-15)19(25-27(26)20(2,3)4)14-9-16-7-12-18(13-8-16)21(22,23)24/h5-8,10-13,19,25H,9,14H2,1-4H3. The molecule has 0 radical (unpaired) electrons. The molecule has 0 heterocycles. The van der Waals surface area contributed by atoms with Gasteiger partial charge in [-0.3, -0.25) is 0 Å². The molecule has 2 nitrogen and oxygen atoms in total. The van der Waals surface area contributed by atoms with Crippen LogP contribution in [0.4, 0.5) is 13.2 Å². The highest BCUT2D eigenvalue weighted by molar-refractivity contribution is 7.84. The van der Waals surface area contributed by atoms with Gasteiger partial charge in [0, 0.05) is 6.04 Å². The van der Waals surface area contributed by atoms with Crippen LogP contribution in [-0.4, -0.2) is 8.96 Å². The summed E-state index contributed by atoms with van der Waals surface area (Å²) in [6.07, 6.45) is -3.10. The Balaban J connectivity index is 2.14. The highest BCUT2D eigenvalue weighted by Gasteiger charge is 2.30. The topological polar surface area (TPSA) is 29.1 Å². The van der Waals surface area contributed by atoms with E-state index in [1.807, 2.05) is 52.0 Å². The number of hydrogen-bond donors (Lipinski definition) is 1. The summed E-state index contributed by atoms with van der Waals surface area (Å²) in [4.78, 5) is 0. The zero-order valence-corrected chi connectivity index (χ0v) is 16.9. The Bertz CT molecular complexity index is 762. The molecule has 0 fully saturated rings. The monoisotopic (exact) mass is 397 g/mol. The van der Waals surface area contributed by atoms with Crippen LogP contribution in [0.1, 0.15) is 55.5 Å². The van der Waals surface area contributed by atoms with Crippen molar-refractivity contribution in [1.29, 1.82) is 0 Å². The summed E-state index contributed by atoms with van der Waals surface area (Å²) < 4.78 is 53.4. The second kappa shape index (κ2) is 8.57. The number of hydrogen-bond acceptors (Lipinski definition) is 1. The normalized spacial score (nSPS) is 14.8. The molecule has 148 valence electrons. The molecule has 0 spiro atoms. The SMILES string of the molecule is Cc1ccc(C(CCc2ccc(C(F)(F)F)cc2)NS(=O)C(C)(C)C)cc1. The van der Waals surface area contributed by atoms with E-state index >= 15 is 0 Å². The summed E-state index contributed by atoms with van der Waals surface area (Å²) in [6.45, 7) is 7.70. The maximum atomic E-state index is 12.7. The van der Waals surface area contributed by atoms with Crippen molar-refractivity contribution in [1.82, 2.24) is 4.72 Å². The first-order valence-corrected chi connectivity index (χ1v) is 10.0. The minimum absolute atomic E-state index is 0.145. The van der Waals surface area contributed by atoms with Gasteiger partial charge < -0.3 is 0 Å². The number of benzene rings is 2. The van der Waals surface area contributed by atoms with Crippen LogP contribution in [0, 0.1) is 6.92 Å². The van der Waals surface area contributed by atoms with Gasteiger partial charge in [-0.2, -0.15) is 13.2 Å². The maximum Gasteiger partial charge on any atom is 0.416 e. The molecule has 2 aromatic carbocycles. The molecule has 6 heteroatoms. The molecule has 2 unspecified atom stereocenters. The van der Waals surface area contributed by atoms with Gasteiger partial charge in [0.2, 0.25) is 0 Å². The number of nitrogens with one attached hydrogen (secondary N) is 1. The van der Waals surface area contributed by atoms with Crippen LogP contribution in [0.25, 0.3) is 0 Å². The molecule has 0 aliphatic carbocycles. The van der Waals surface area contributed by atoms with E-state index in [-0.39, 0.29) is 6.04 Å². The molecule has 0 aromatic heterocycles. The fourth-order valence-corrected chi connectivity index (χ4v) is 3.44. The third kappa shape index (κ3) is 6.47. The van der Waals surface area contributed by atoms with Crippen molar-refractivity contribution < 1.29 is 17.4 Å². The molecule has 0 saturated heterocycles. The molecule has 27 heavy (non-hydrogen) atoms. The Morgan fingerprint density at radius 3 is 2.00 bits per heavy atom. The predicted octanol–water partition coefficient (Wildman–Crippen LogP) is 5.74. The van der Waals surface area contributed by atoms with Gasteiger partial charge in [-0.1, -0.05) is 42.0 Å². The van der Waals surface area contributed by atoms with Crippen molar-refractivity contribution in [2.45, 2.75) is 57.5 Å². The van der Waals surface area contributed by atoms with Crippen LogP contribution in [0.5, 0.6) is 0 Å². The molecule has 1 N–H and O–H groups in total. The molecule has 0 aliphatic heterocycles. The van der Waals surface area contributed by atoms with Crippen molar-refractivity contribution in [3.63, 3.8) is 0 Å². The number of aryl methyl sites for hydroxylation is 2. The van der Waals surface area contributed by atoms with E-state index in [0.717, 1.165) is 28.8 Å². The third-order valence-electron chi connectivity index (χ3n) is 4.29. The lowest BCUT2D eigenvalue weighted by atomic mass is 9.98. The summed E-state index contributed by atoms with van der Waals surface area (Å²) in [5.74, 6) is 0. The fourth-order valence-electron chi connectivity index (χ4n) is 2.57. The second-order valence-electron chi connectivity index (χ2n) is 7.70. The van der Waals surface area contributed by atoms with E-state index in [1.54, 1.807) is 0 Å². The van der Waals surface area contributed by atoms with Gasteiger partial charge in [-0.15, -0.1) is 0 Å². The lowest BCUT2D eigenvalue weighted by Crippen LogP contribution is -2.36. The zero-order valence-electron chi connectivity index (χ0n) is 16.1. The van der Waals surface area contributed by atoms with Gasteiger partial charge in [0.25, 0.3) is 0 Å². The molecule has 0 amide bonds. The highest BCUT2D eigenvalue weighted by Crippen LogP contribution is 2.30. The summed E-state index contributed by atoms with van der Waals surface area (Å²) in [5, 5.41) is 0. The summed E-state index contributed by atoms with van der Waals surface area (Å²) in [7, 11) is -1.25. The van der Waals surface area contributed by atoms with Crippen LogP contribution in [-0.2, 0) is 23.6 Å².